The summed E-state index contributed by atoms with van der Waals surface area (Å²) in [5.74, 6) is -0.529. The van der Waals surface area contributed by atoms with Crippen molar-refractivity contribution in [3.8, 4) is 0 Å². The number of esters is 1. The number of rotatable bonds is 5. The molecule has 2 rings (SSSR count). The highest BCUT2D eigenvalue weighted by Gasteiger charge is 2.16. The summed E-state index contributed by atoms with van der Waals surface area (Å²) < 4.78 is 4.72. The van der Waals surface area contributed by atoms with Gasteiger partial charge in [-0.3, -0.25) is 4.79 Å². The van der Waals surface area contributed by atoms with Crippen molar-refractivity contribution in [3.63, 3.8) is 0 Å². The SMILES string of the molecule is COC(=O)c1ccc(C)c(NC(=O)[C@@H](C)Sc2ccc(C)cc2)c1. The fourth-order valence-corrected chi connectivity index (χ4v) is 2.98. The molecule has 5 heteroatoms. The van der Waals surface area contributed by atoms with Gasteiger partial charge in [0.15, 0.2) is 0 Å². The zero-order valence-corrected chi connectivity index (χ0v) is 15.1. The van der Waals surface area contributed by atoms with Crippen molar-refractivity contribution in [3.05, 3.63) is 59.2 Å². The Bertz CT molecular complexity index is 741. The lowest BCUT2D eigenvalue weighted by Crippen LogP contribution is -2.23. The Morgan fingerprint density at radius 1 is 1.08 bits per heavy atom. The van der Waals surface area contributed by atoms with Gasteiger partial charge in [-0.2, -0.15) is 0 Å². The number of aryl methyl sites for hydroxylation is 2. The van der Waals surface area contributed by atoms with Crippen LogP contribution in [0.2, 0.25) is 0 Å². The van der Waals surface area contributed by atoms with Crippen molar-refractivity contribution in [1.29, 1.82) is 0 Å². The Hall–Kier alpha value is -2.27. The number of thioether (sulfide) groups is 1. The van der Waals surface area contributed by atoms with Gasteiger partial charge in [-0.15, -0.1) is 11.8 Å². The summed E-state index contributed by atoms with van der Waals surface area (Å²) >= 11 is 1.50. The summed E-state index contributed by atoms with van der Waals surface area (Å²) in [6.07, 6.45) is 0. The number of nitrogens with one attached hydrogen (secondary N) is 1. The van der Waals surface area contributed by atoms with E-state index in [1.54, 1.807) is 18.2 Å². The lowest BCUT2D eigenvalue weighted by Gasteiger charge is -2.14. The van der Waals surface area contributed by atoms with E-state index in [2.05, 4.69) is 5.32 Å². The minimum Gasteiger partial charge on any atom is -0.465 e. The van der Waals surface area contributed by atoms with Gasteiger partial charge in [-0.05, 0) is 50.6 Å². The van der Waals surface area contributed by atoms with Gasteiger partial charge in [0, 0.05) is 10.6 Å². The summed E-state index contributed by atoms with van der Waals surface area (Å²) in [5.41, 5.74) is 3.12. The van der Waals surface area contributed by atoms with Gasteiger partial charge in [0.2, 0.25) is 5.91 Å². The Balaban J connectivity index is 2.08. The molecule has 0 radical (unpaired) electrons. The lowest BCUT2D eigenvalue weighted by molar-refractivity contribution is -0.115. The van der Waals surface area contributed by atoms with Crippen molar-refractivity contribution in [2.75, 3.05) is 12.4 Å². The topological polar surface area (TPSA) is 55.4 Å². The molecule has 0 saturated heterocycles. The molecule has 0 heterocycles. The third-order valence-electron chi connectivity index (χ3n) is 3.62. The average Bonchev–Trinajstić information content (AvgIpc) is 2.58. The minimum atomic E-state index is -0.424. The maximum Gasteiger partial charge on any atom is 0.337 e. The summed E-state index contributed by atoms with van der Waals surface area (Å²) in [7, 11) is 1.33. The van der Waals surface area contributed by atoms with Crippen LogP contribution in [-0.4, -0.2) is 24.2 Å². The first-order chi connectivity index (χ1) is 11.4. The fourth-order valence-electron chi connectivity index (χ4n) is 2.11. The maximum absolute atomic E-state index is 12.4. The van der Waals surface area contributed by atoms with Gasteiger partial charge < -0.3 is 10.1 Å². The van der Waals surface area contributed by atoms with E-state index in [0.29, 0.717) is 11.3 Å². The van der Waals surface area contributed by atoms with Gasteiger partial charge in [0.25, 0.3) is 0 Å². The zero-order valence-electron chi connectivity index (χ0n) is 14.3. The molecule has 0 spiro atoms. The second kappa shape index (κ2) is 8.02. The van der Waals surface area contributed by atoms with E-state index in [1.807, 2.05) is 45.0 Å². The van der Waals surface area contributed by atoms with Crippen molar-refractivity contribution in [2.45, 2.75) is 30.9 Å². The van der Waals surface area contributed by atoms with Gasteiger partial charge in [-0.25, -0.2) is 4.79 Å². The van der Waals surface area contributed by atoms with E-state index < -0.39 is 5.97 Å². The molecule has 0 aromatic heterocycles. The minimum absolute atomic E-state index is 0.106. The summed E-state index contributed by atoms with van der Waals surface area (Å²) in [6, 6.07) is 13.2. The molecule has 0 fully saturated rings. The van der Waals surface area contributed by atoms with Crippen LogP contribution in [0.3, 0.4) is 0 Å². The van der Waals surface area contributed by atoms with Gasteiger partial charge in [0.1, 0.15) is 0 Å². The molecule has 2 aromatic rings. The Labute approximate surface area is 146 Å². The molecule has 1 N–H and O–H groups in total. The smallest absolute Gasteiger partial charge is 0.337 e. The highest BCUT2D eigenvalue weighted by Crippen LogP contribution is 2.25. The number of benzene rings is 2. The molecule has 0 unspecified atom stereocenters. The molecule has 1 atom stereocenters. The Kier molecular flexibility index (Phi) is 6.04. The van der Waals surface area contributed by atoms with Crippen LogP contribution in [0.15, 0.2) is 47.4 Å². The lowest BCUT2D eigenvalue weighted by atomic mass is 10.1. The largest absolute Gasteiger partial charge is 0.465 e. The van der Waals surface area contributed by atoms with E-state index in [4.69, 9.17) is 4.74 Å². The van der Waals surface area contributed by atoms with Gasteiger partial charge in [0.05, 0.1) is 17.9 Å². The molecular weight excluding hydrogens is 322 g/mol. The molecule has 24 heavy (non-hydrogen) atoms. The van der Waals surface area contributed by atoms with E-state index in [-0.39, 0.29) is 11.2 Å². The number of methoxy groups -OCH3 is 1. The predicted molar refractivity (Wildman–Crippen MR) is 97.6 cm³/mol. The first-order valence-electron chi connectivity index (χ1n) is 7.64. The van der Waals surface area contributed by atoms with Crippen molar-refractivity contribution < 1.29 is 14.3 Å². The van der Waals surface area contributed by atoms with Crippen LogP contribution in [0.25, 0.3) is 0 Å². The van der Waals surface area contributed by atoms with Gasteiger partial charge in [-0.1, -0.05) is 23.8 Å². The normalized spacial score (nSPS) is 11.7. The van der Waals surface area contributed by atoms with E-state index in [9.17, 15) is 9.59 Å². The van der Waals surface area contributed by atoms with E-state index in [0.717, 1.165) is 10.5 Å². The molecule has 126 valence electrons. The molecule has 1 amide bonds. The molecule has 0 bridgehead atoms. The monoisotopic (exact) mass is 343 g/mol. The molecule has 0 aliphatic carbocycles. The molecule has 0 aliphatic rings. The number of carbonyl (C=O) groups is 2. The van der Waals surface area contributed by atoms with Crippen LogP contribution in [0, 0.1) is 13.8 Å². The number of carbonyl (C=O) groups excluding carboxylic acids is 2. The van der Waals surface area contributed by atoms with Crippen LogP contribution in [0.1, 0.15) is 28.4 Å². The average molecular weight is 343 g/mol. The Morgan fingerprint density at radius 2 is 1.75 bits per heavy atom. The first kappa shape index (κ1) is 18.1. The molecule has 4 nitrogen and oxygen atoms in total. The number of ether oxygens (including phenoxy) is 1. The molecule has 2 aromatic carbocycles. The predicted octanol–water partition coefficient (Wildman–Crippen LogP) is 4.21. The van der Waals surface area contributed by atoms with Crippen molar-refractivity contribution in [1.82, 2.24) is 0 Å². The molecule has 0 aliphatic heterocycles. The number of amides is 1. The maximum atomic E-state index is 12.4. The van der Waals surface area contributed by atoms with Crippen LogP contribution >= 0.6 is 11.8 Å². The first-order valence-corrected chi connectivity index (χ1v) is 8.52. The van der Waals surface area contributed by atoms with Crippen LogP contribution in [0.4, 0.5) is 5.69 Å². The van der Waals surface area contributed by atoms with Gasteiger partial charge >= 0.3 is 5.97 Å². The number of anilines is 1. The zero-order chi connectivity index (χ0) is 17.7. The number of hydrogen-bond donors (Lipinski definition) is 1. The van der Waals surface area contributed by atoms with Crippen molar-refractivity contribution >= 4 is 29.3 Å². The van der Waals surface area contributed by atoms with E-state index >= 15 is 0 Å². The second-order valence-corrected chi connectivity index (χ2v) is 7.00. The van der Waals surface area contributed by atoms with E-state index in [1.165, 1.54) is 24.4 Å². The molecular formula is C19H21NO3S. The summed E-state index contributed by atoms with van der Waals surface area (Å²) in [5, 5.41) is 2.64. The third-order valence-corrected chi connectivity index (χ3v) is 4.73. The van der Waals surface area contributed by atoms with Crippen LogP contribution < -0.4 is 5.32 Å². The van der Waals surface area contributed by atoms with Crippen LogP contribution in [-0.2, 0) is 9.53 Å². The summed E-state index contributed by atoms with van der Waals surface area (Å²) in [4.78, 5) is 25.1. The summed E-state index contributed by atoms with van der Waals surface area (Å²) in [6.45, 7) is 5.77. The Morgan fingerprint density at radius 3 is 2.38 bits per heavy atom. The second-order valence-electron chi connectivity index (χ2n) is 5.58. The standard InChI is InChI=1S/C19H21NO3S/c1-12-5-9-16(10-6-12)24-14(3)18(21)20-17-11-15(19(22)23-4)8-7-13(17)2/h5-11,14H,1-4H3,(H,20,21)/t14-/m1/s1. The third kappa shape index (κ3) is 4.61. The highest BCUT2D eigenvalue weighted by atomic mass is 32.2. The highest BCUT2D eigenvalue weighted by molar-refractivity contribution is 8.00. The quantitative estimate of drug-likeness (QED) is 0.653. The van der Waals surface area contributed by atoms with Crippen LogP contribution in [0.5, 0.6) is 0 Å². The fraction of sp³-hybridized carbons (Fsp3) is 0.263. The molecule has 0 saturated carbocycles. The number of hydrogen-bond acceptors (Lipinski definition) is 4. The van der Waals surface area contributed by atoms with Crippen molar-refractivity contribution in [2.24, 2.45) is 0 Å².